The van der Waals surface area contributed by atoms with E-state index in [1.165, 1.54) is 0 Å². The molecular weight excluding hydrogens is 280 g/mol. The largest absolute Gasteiger partial charge is 0.342 e. The van der Waals surface area contributed by atoms with E-state index in [1.807, 2.05) is 18.7 Å². The van der Waals surface area contributed by atoms with E-state index in [9.17, 15) is 4.79 Å². The Bertz CT molecular complexity index is 488. The van der Waals surface area contributed by atoms with Crippen molar-refractivity contribution in [1.29, 1.82) is 0 Å². The first-order valence-electron chi connectivity index (χ1n) is 8.45. The summed E-state index contributed by atoms with van der Waals surface area (Å²) in [7, 11) is 0. The van der Waals surface area contributed by atoms with E-state index in [1.54, 1.807) is 0 Å². The molecule has 0 saturated carbocycles. The predicted molar refractivity (Wildman–Crippen MR) is 84.3 cm³/mol. The molecule has 1 aromatic heterocycles. The number of nitrogens with zero attached hydrogens (tertiary/aromatic N) is 3. The van der Waals surface area contributed by atoms with Crippen molar-refractivity contribution in [1.82, 2.24) is 20.4 Å². The van der Waals surface area contributed by atoms with Crippen LogP contribution in [0.1, 0.15) is 64.7 Å². The van der Waals surface area contributed by atoms with Gasteiger partial charge in [0.1, 0.15) is 0 Å². The van der Waals surface area contributed by atoms with Crippen molar-refractivity contribution in [3.63, 3.8) is 0 Å². The number of piperidine rings is 1. The molecule has 1 N–H and O–H groups in total. The topological polar surface area (TPSA) is 71.3 Å². The van der Waals surface area contributed by atoms with E-state index in [-0.39, 0.29) is 11.9 Å². The number of hydrogen-bond acceptors (Lipinski definition) is 5. The van der Waals surface area contributed by atoms with Gasteiger partial charge in [-0.25, -0.2) is 0 Å². The first-order chi connectivity index (χ1) is 10.6. The second kappa shape index (κ2) is 7.72. The SMILES string of the molecule is CCC(=O)N1CC[C@H](N[C@@H](C)c2nc(CC)no2)[C@@H](CC)C1. The van der Waals surface area contributed by atoms with Gasteiger partial charge in [0.25, 0.3) is 0 Å². The van der Waals surface area contributed by atoms with Gasteiger partial charge in [0.2, 0.25) is 11.8 Å². The smallest absolute Gasteiger partial charge is 0.243 e. The van der Waals surface area contributed by atoms with Crippen molar-refractivity contribution in [2.24, 2.45) is 5.92 Å². The summed E-state index contributed by atoms with van der Waals surface area (Å²) in [6, 6.07) is 0.429. The van der Waals surface area contributed by atoms with Gasteiger partial charge in [0.15, 0.2) is 5.82 Å². The second-order valence-electron chi connectivity index (χ2n) is 6.05. The van der Waals surface area contributed by atoms with E-state index < -0.39 is 0 Å². The maximum Gasteiger partial charge on any atom is 0.243 e. The molecular formula is C16H28N4O2. The minimum Gasteiger partial charge on any atom is -0.342 e. The number of likely N-dealkylation sites (tertiary alicyclic amines) is 1. The molecule has 0 bridgehead atoms. The van der Waals surface area contributed by atoms with Gasteiger partial charge < -0.3 is 14.7 Å². The van der Waals surface area contributed by atoms with Gasteiger partial charge in [-0.2, -0.15) is 4.98 Å². The third kappa shape index (κ3) is 3.85. The van der Waals surface area contributed by atoms with Gasteiger partial charge in [-0.1, -0.05) is 32.3 Å². The van der Waals surface area contributed by atoms with Gasteiger partial charge in [-0.05, 0) is 19.3 Å². The molecule has 1 aromatic rings. The minimum atomic E-state index is 0.0419. The third-order valence-corrected chi connectivity index (χ3v) is 4.55. The molecule has 1 saturated heterocycles. The molecule has 1 aliphatic heterocycles. The van der Waals surface area contributed by atoms with Crippen LogP contribution in [0.25, 0.3) is 0 Å². The number of aromatic nitrogens is 2. The van der Waals surface area contributed by atoms with Crippen molar-refractivity contribution in [2.45, 2.75) is 65.5 Å². The van der Waals surface area contributed by atoms with Crippen LogP contribution in [0.3, 0.4) is 0 Å². The molecule has 0 unspecified atom stereocenters. The molecule has 6 heteroatoms. The molecule has 124 valence electrons. The molecule has 6 nitrogen and oxygen atoms in total. The first kappa shape index (κ1) is 16.9. The first-order valence-corrected chi connectivity index (χ1v) is 8.45. The Morgan fingerprint density at radius 1 is 1.45 bits per heavy atom. The molecule has 1 fully saturated rings. The summed E-state index contributed by atoms with van der Waals surface area (Å²) in [5, 5.41) is 7.57. The molecule has 0 radical (unpaired) electrons. The highest BCUT2D eigenvalue weighted by Gasteiger charge is 2.31. The lowest BCUT2D eigenvalue weighted by Gasteiger charge is -2.39. The highest BCUT2D eigenvalue weighted by molar-refractivity contribution is 5.75. The van der Waals surface area contributed by atoms with E-state index in [4.69, 9.17) is 4.52 Å². The summed E-state index contributed by atoms with van der Waals surface area (Å²) in [5.74, 6) is 2.13. The maximum absolute atomic E-state index is 11.9. The van der Waals surface area contributed by atoms with Gasteiger partial charge in [0, 0.05) is 32.0 Å². The minimum absolute atomic E-state index is 0.0419. The van der Waals surface area contributed by atoms with Crippen LogP contribution in [0.5, 0.6) is 0 Å². The molecule has 3 atom stereocenters. The molecule has 0 aliphatic carbocycles. The number of aryl methyl sites for hydroxylation is 1. The second-order valence-corrected chi connectivity index (χ2v) is 6.05. The number of amides is 1. The zero-order chi connectivity index (χ0) is 16.1. The average molecular weight is 308 g/mol. The normalized spacial score (nSPS) is 23.5. The molecule has 2 rings (SSSR count). The van der Waals surface area contributed by atoms with Crippen molar-refractivity contribution >= 4 is 5.91 Å². The van der Waals surface area contributed by atoms with Crippen LogP contribution >= 0.6 is 0 Å². The van der Waals surface area contributed by atoms with Gasteiger partial charge >= 0.3 is 0 Å². The lowest BCUT2D eigenvalue weighted by atomic mass is 9.89. The summed E-state index contributed by atoms with van der Waals surface area (Å²) >= 11 is 0. The van der Waals surface area contributed by atoms with Crippen LogP contribution in [0.15, 0.2) is 4.52 Å². The average Bonchev–Trinajstić information content (AvgIpc) is 3.03. The Hall–Kier alpha value is -1.43. The Morgan fingerprint density at radius 3 is 2.82 bits per heavy atom. The summed E-state index contributed by atoms with van der Waals surface area (Å²) in [6.45, 7) is 9.86. The van der Waals surface area contributed by atoms with Crippen LogP contribution < -0.4 is 5.32 Å². The summed E-state index contributed by atoms with van der Waals surface area (Å²) in [5.41, 5.74) is 0. The number of rotatable bonds is 6. The highest BCUT2D eigenvalue weighted by atomic mass is 16.5. The Labute approximate surface area is 132 Å². The fraction of sp³-hybridized carbons (Fsp3) is 0.812. The predicted octanol–water partition coefficient (Wildman–Crippen LogP) is 2.32. The van der Waals surface area contributed by atoms with Crippen molar-refractivity contribution in [3.8, 4) is 0 Å². The van der Waals surface area contributed by atoms with Gasteiger partial charge in [-0.15, -0.1) is 0 Å². The molecule has 1 aliphatic rings. The molecule has 0 spiro atoms. The molecule has 22 heavy (non-hydrogen) atoms. The van der Waals surface area contributed by atoms with Crippen molar-refractivity contribution in [3.05, 3.63) is 11.7 Å². The monoisotopic (exact) mass is 308 g/mol. The lowest BCUT2D eigenvalue weighted by molar-refractivity contribution is -0.133. The summed E-state index contributed by atoms with van der Waals surface area (Å²) in [4.78, 5) is 18.3. The number of carbonyl (C=O) groups excluding carboxylic acids is 1. The summed E-state index contributed by atoms with van der Waals surface area (Å²) < 4.78 is 5.32. The van der Waals surface area contributed by atoms with Crippen LogP contribution in [0, 0.1) is 5.92 Å². The van der Waals surface area contributed by atoms with E-state index in [2.05, 4.69) is 29.3 Å². The number of hydrogen-bond donors (Lipinski definition) is 1. The quantitative estimate of drug-likeness (QED) is 0.873. The zero-order valence-corrected chi connectivity index (χ0v) is 14.1. The fourth-order valence-electron chi connectivity index (χ4n) is 3.09. The van der Waals surface area contributed by atoms with Crippen LogP contribution in [-0.4, -0.2) is 40.1 Å². The van der Waals surface area contributed by atoms with E-state index in [0.29, 0.717) is 24.3 Å². The highest BCUT2D eigenvalue weighted by Crippen LogP contribution is 2.23. The van der Waals surface area contributed by atoms with E-state index in [0.717, 1.165) is 38.2 Å². The summed E-state index contributed by atoms with van der Waals surface area (Å²) in [6.07, 6.45) is 3.41. The third-order valence-electron chi connectivity index (χ3n) is 4.55. The maximum atomic E-state index is 11.9. The molecule has 2 heterocycles. The Kier molecular flexibility index (Phi) is 5.94. The van der Waals surface area contributed by atoms with Crippen molar-refractivity contribution < 1.29 is 9.32 Å². The van der Waals surface area contributed by atoms with E-state index >= 15 is 0 Å². The Balaban J connectivity index is 1.95. The van der Waals surface area contributed by atoms with Crippen molar-refractivity contribution in [2.75, 3.05) is 13.1 Å². The van der Waals surface area contributed by atoms with Crippen LogP contribution in [0.2, 0.25) is 0 Å². The van der Waals surface area contributed by atoms with Gasteiger partial charge in [0.05, 0.1) is 6.04 Å². The lowest BCUT2D eigenvalue weighted by Crippen LogP contribution is -2.51. The van der Waals surface area contributed by atoms with Crippen LogP contribution in [0.4, 0.5) is 0 Å². The zero-order valence-electron chi connectivity index (χ0n) is 14.1. The Morgan fingerprint density at radius 2 is 2.23 bits per heavy atom. The molecule has 0 aromatic carbocycles. The fourth-order valence-corrected chi connectivity index (χ4v) is 3.09. The number of nitrogens with one attached hydrogen (secondary N) is 1. The number of carbonyl (C=O) groups is 1. The molecule has 1 amide bonds. The van der Waals surface area contributed by atoms with Gasteiger partial charge in [-0.3, -0.25) is 4.79 Å². The van der Waals surface area contributed by atoms with Crippen LogP contribution in [-0.2, 0) is 11.2 Å². The standard InChI is InChI=1S/C16H28N4O2/c1-5-12-10-20(15(21)7-3)9-8-13(12)17-11(4)16-18-14(6-2)19-22-16/h11-13,17H,5-10H2,1-4H3/t11-,12-,13-/m0/s1.